The number of rotatable bonds is 6. The molecule has 0 aromatic heterocycles. The Morgan fingerprint density at radius 2 is 0.561 bits per heavy atom. The van der Waals surface area contributed by atoms with Gasteiger partial charge >= 0.3 is 0 Å². The second-order valence-corrected chi connectivity index (χ2v) is 20.6. The van der Waals surface area contributed by atoms with Gasteiger partial charge in [-0.05, 0) is 128 Å². The molecule has 0 aliphatic carbocycles. The Bertz CT molecular complexity index is 3140. The minimum absolute atomic E-state index is 0.836. The molecule has 10 aromatic rings. The van der Waals surface area contributed by atoms with E-state index in [9.17, 15) is 0 Å². The SMILES string of the molecule is c1ccc([Si]2(c3ccccc3)c3ccc(-c4ccc(N5c6ccccc6Oc6ccccc65)cc4)cc3Oc3cc(-c4ccc(N5c6ccccc6Oc6ccccc65)cc4)ccc32)cc1. The van der Waals surface area contributed by atoms with Crippen LogP contribution in [0.5, 0.6) is 34.5 Å². The van der Waals surface area contributed by atoms with Crippen molar-refractivity contribution in [2.75, 3.05) is 9.80 Å². The average molecular weight is 865 g/mol. The van der Waals surface area contributed by atoms with Gasteiger partial charge in [0.05, 0.1) is 22.7 Å². The lowest BCUT2D eigenvalue weighted by Crippen LogP contribution is -2.76. The van der Waals surface area contributed by atoms with Gasteiger partial charge in [-0.25, -0.2) is 0 Å². The Hall–Kier alpha value is -8.58. The first kappa shape index (κ1) is 37.9. The molecular weight excluding hydrogens is 825 g/mol. The van der Waals surface area contributed by atoms with Crippen molar-refractivity contribution in [3.8, 4) is 56.8 Å². The van der Waals surface area contributed by atoms with Crippen LogP contribution in [-0.2, 0) is 0 Å². The van der Waals surface area contributed by atoms with Gasteiger partial charge in [-0.3, -0.25) is 0 Å². The fraction of sp³-hybridized carbons (Fsp3) is 0. The van der Waals surface area contributed by atoms with E-state index in [0.29, 0.717) is 0 Å². The third kappa shape index (κ3) is 6.00. The van der Waals surface area contributed by atoms with E-state index in [0.717, 1.165) is 90.9 Å². The number of ether oxygens (including phenoxy) is 3. The molecule has 5 nitrogen and oxygen atoms in total. The highest BCUT2D eigenvalue weighted by Crippen LogP contribution is 2.52. The van der Waals surface area contributed by atoms with Gasteiger partial charge in [0, 0.05) is 11.4 Å². The van der Waals surface area contributed by atoms with Crippen LogP contribution < -0.4 is 44.8 Å². The number of para-hydroxylation sites is 8. The maximum Gasteiger partial charge on any atom is 0.188 e. The highest BCUT2D eigenvalue weighted by molar-refractivity contribution is 7.20. The standard InChI is InChI=1S/C60H40N2O3Si/c1-3-15-47(16-4-1)66(48-17-5-2-6-18-48)59-37-31-43(41-27-33-45(34-28-41)61-49-19-7-11-23-53(49)63-54-24-12-8-20-50(54)61)39-57(59)65-58-40-44(32-38-60(58)66)42-29-35-46(36-30-42)62-51-21-9-13-25-55(51)64-56-26-14-10-22-52(56)62/h1-40H. The summed E-state index contributed by atoms with van der Waals surface area (Å²) in [6.07, 6.45) is 0. The number of benzene rings is 10. The van der Waals surface area contributed by atoms with E-state index in [1.807, 2.05) is 48.5 Å². The van der Waals surface area contributed by atoms with E-state index in [1.54, 1.807) is 0 Å². The van der Waals surface area contributed by atoms with Crippen molar-refractivity contribution < 1.29 is 14.2 Å². The minimum atomic E-state index is -2.88. The normalized spacial score (nSPS) is 13.6. The lowest BCUT2D eigenvalue weighted by Gasteiger charge is -2.40. The number of anilines is 6. The van der Waals surface area contributed by atoms with Gasteiger partial charge in [-0.2, -0.15) is 0 Å². The van der Waals surface area contributed by atoms with Crippen molar-refractivity contribution in [3.63, 3.8) is 0 Å². The summed E-state index contributed by atoms with van der Waals surface area (Å²) in [6.45, 7) is 0. The van der Waals surface area contributed by atoms with Crippen molar-refractivity contribution in [1.82, 2.24) is 0 Å². The summed E-state index contributed by atoms with van der Waals surface area (Å²) in [6, 6.07) is 86.3. The third-order valence-electron chi connectivity index (χ3n) is 13.2. The van der Waals surface area contributed by atoms with Gasteiger partial charge < -0.3 is 24.0 Å². The monoisotopic (exact) mass is 864 g/mol. The summed E-state index contributed by atoms with van der Waals surface area (Å²) in [5, 5.41) is 5.09. The third-order valence-corrected chi connectivity index (χ3v) is 18.0. The predicted octanol–water partition coefficient (Wildman–Crippen LogP) is 13.7. The molecule has 0 bridgehead atoms. The lowest BCUT2D eigenvalue weighted by molar-refractivity contribution is 0.477. The fourth-order valence-corrected chi connectivity index (χ4v) is 15.1. The molecule has 3 aliphatic heterocycles. The topological polar surface area (TPSA) is 34.2 Å². The quantitative estimate of drug-likeness (QED) is 0.156. The second kappa shape index (κ2) is 15.3. The number of hydrogen-bond acceptors (Lipinski definition) is 5. The molecule has 0 N–H and O–H groups in total. The van der Waals surface area contributed by atoms with Gasteiger partial charge in [-0.15, -0.1) is 0 Å². The van der Waals surface area contributed by atoms with E-state index in [1.165, 1.54) is 20.7 Å². The molecule has 0 atom stereocenters. The van der Waals surface area contributed by atoms with Crippen LogP contribution in [0, 0.1) is 0 Å². The zero-order valence-corrected chi connectivity index (χ0v) is 36.7. The highest BCUT2D eigenvalue weighted by atomic mass is 28.3. The Morgan fingerprint density at radius 1 is 0.258 bits per heavy atom. The minimum Gasteiger partial charge on any atom is -0.457 e. The Kier molecular flexibility index (Phi) is 8.79. The molecule has 0 saturated carbocycles. The first-order valence-corrected chi connectivity index (χ1v) is 24.3. The summed E-state index contributed by atoms with van der Waals surface area (Å²) in [4.78, 5) is 4.55. The van der Waals surface area contributed by atoms with Gasteiger partial charge in [0.25, 0.3) is 0 Å². The molecule has 3 aliphatic rings. The number of fused-ring (bicyclic) bond motifs is 6. The van der Waals surface area contributed by atoms with Crippen LogP contribution in [0.2, 0.25) is 0 Å². The molecule has 0 unspecified atom stereocenters. The smallest absolute Gasteiger partial charge is 0.188 e. The maximum atomic E-state index is 7.18. The van der Waals surface area contributed by atoms with Crippen molar-refractivity contribution in [2.45, 2.75) is 0 Å². The average Bonchev–Trinajstić information content (AvgIpc) is 3.39. The largest absolute Gasteiger partial charge is 0.457 e. The van der Waals surface area contributed by atoms with E-state index >= 15 is 0 Å². The van der Waals surface area contributed by atoms with Crippen LogP contribution in [0.3, 0.4) is 0 Å². The van der Waals surface area contributed by atoms with Crippen LogP contribution in [0.25, 0.3) is 22.3 Å². The maximum absolute atomic E-state index is 7.18. The Labute approximate surface area is 384 Å². The zero-order chi connectivity index (χ0) is 43.6. The van der Waals surface area contributed by atoms with Crippen LogP contribution in [0.4, 0.5) is 34.1 Å². The molecule has 0 spiro atoms. The number of nitrogens with zero attached hydrogens (tertiary/aromatic N) is 2. The van der Waals surface area contributed by atoms with Crippen molar-refractivity contribution >= 4 is 62.9 Å². The lowest BCUT2D eigenvalue weighted by atomic mass is 10.0. The van der Waals surface area contributed by atoms with Gasteiger partial charge in [-0.1, -0.05) is 158 Å². The van der Waals surface area contributed by atoms with Crippen molar-refractivity contribution in [2.24, 2.45) is 0 Å². The Morgan fingerprint density at radius 3 is 0.924 bits per heavy atom. The van der Waals surface area contributed by atoms with Crippen LogP contribution >= 0.6 is 0 Å². The van der Waals surface area contributed by atoms with Gasteiger partial charge in [0.15, 0.2) is 31.1 Å². The van der Waals surface area contributed by atoms with Crippen molar-refractivity contribution in [3.05, 3.63) is 243 Å². The molecule has 0 radical (unpaired) electrons. The zero-order valence-electron chi connectivity index (χ0n) is 35.7. The second-order valence-electron chi connectivity index (χ2n) is 16.8. The summed E-state index contributed by atoms with van der Waals surface area (Å²) >= 11 is 0. The van der Waals surface area contributed by atoms with Gasteiger partial charge in [0.2, 0.25) is 0 Å². The van der Waals surface area contributed by atoms with E-state index < -0.39 is 8.07 Å². The van der Waals surface area contributed by atoms with E-state index in [-0.39, 0.29) is 0 Å². The Balaban J connectivity index is 0.909. The molecule has 13 rings (SSSR count). The summed E-state index contributed by atoms with van der Waals surface area (Å²) < 4.78 is 19.8. The molecule has 10 aromatic carbocycles. The van der Waals surface area contributed by atoms with Crippen LogP contribution in [0.1, 0.15) is 0 Å². The summed E-state index contributed by atoms with van der Waals surface area (Å²) in [7, 11) is -2.88. The molecule has 3 heterocycles. The highest BCUT2D eigenvalue weighted by Gasteiger charge is 2.48. The van der Waals surface area contributed by atoms with E-state index in [4.69, 9.17) is 14.2 Å². The van der Waals surface area contributed by atoms with Crippen LogP contribution in [0.15, 0.2) is 243 Å². The predicted molar refractivity (Wildman–Crippen MR) is 271 cm³/mol. The molecule has 6 heteroatoms. The molecule has 312 valence electrons. The first-order chi connectivity index (χ1) is 32.7. The first-order valence-electron chi connectivity index (χ1n) is 22.3. The molecule has 0 amide bonds. The summed E-state index contributed by atoms with van der Waals surface area (Å²) in [5.41, 5.74) is 10.6. The summed E-state index contributed by atoms with van der Waals surface area (Å²) in [5.74, 6) is 5.11. The number of hydrogen-bond donors (Lipinski definition) is 0. The molecule has 0 saturated heterocycles. The van der Waals surface area contributed by atoms with E-state index in [2.05, 4.69) is 204 Å². The molecule has 66 heavy (non-hydrogen) atoms. The molecular formula is C60H40N2O3Si. The van der Waals surface area contributed by atoms with Crippen molar-refractivity contribution in [1.29, 1.82) is 0 Å². The fourth-order valence-electron chi connectivity index (χ4n) is 10.2. The van der Waals surface area contributed by atoms with Crippen LogP contribution in [-0.4, -0.2) is 8.07 Å². The van der Waals surface area contributed by atoms with Gasteiger partial charge in [0.1, 0.15) is 11.5 Å². The molecule has 0 fully saturated rings.